The lowest BCUT2D eigenvalue weighted by atomic mass is 10.0. The largest absolute Gasteiger partial charge is 0.469 e. The second-order valence-corrected chi connectivity index (χ2v) is 5.40. The van der Waals surface area contributed by atoms with Crippen LogP contribution < -0.4 is 0 Å². The summed E-state index contributed by atoms with van der Waals surface area (Å²) in [6.07, 6.45) is 1.49. The van der Waals surface area contributed by atoms with Gasteiger partial charge in [-0.15, -0.1) is 0 Å². The van der Waals surface area contributed by atoms with Crippen molar-refractivity contribution < 1.29 is 23.8 Å². The van der Waals surface area contributed by atoms with Gasteiger partial charge in [0.05, 0.1) is 25.8 Å². The molecule has 1 aromatic heterocycles. The number of nitrogens with one attached hydrogen (secondary N) is 1. The minimum absolute atomic E-state index is 0.257. The number of methoxy groups -OCH3 is 2. The predicted molar refractivity (Wildman–Crippen MR) is 89.9 cm³/mol. The van der Waals surface area contributed by atoms with Crippen molar-refractivity contribution in [1.82, 2.24) is 4.98 Å². The molecule has 2 rings (SSSR count). The van der Waals surface area contributed by atoms with Gasteiger partial charge in [-0.1, -0.05) is 18.2 Å². The van der Waals surface area contributed by atoms with Gasteiger partial charge >= 0.3 is 11.9 Å². The molecule has 0 aliphatic rings. The van der Waals surface area contributed by atoms with Gasteiger partial charge < -0.3 is 19.2 Å². The number of carbonyl (C=O) groups is 2. The molecule has 24 heavy (non-hydrogen) atoms. The number of H-pyrrole nitrogens is 1. The van der Waals surface area contributed by atoms with E-state index >= 15 is 0 Å². The van der Waals surface area contributed by atoms with E-state index in [0.29, 0.717) is 38.2 Å². The lowest BCUT2D eigenvalue weighted by Gasteiger charge is -2.05. The van der Waals surface area contributed by atoms with Crippen molar-refractivity contribution in [1.29, 1.82) is 0 Å². The molecular formula is C18H23NO5. The number of aromatic amines is 1. The zero-order chi connectivity index (χ0) is 17.5. The topological polar surface area (TPSA) is 77.6 Å². The number of esters is 2. The van der Waals surface area contributed by atoms with Crippen molar-refractivity contribution in [3.05, 3.63) is 35.0 Å². The van der Waals surface area contributed by atoms with E-state index in [4.69, 9.17) is 9.47 Å². The molecule has 1 aromatic carbocycles. The Bertz CT molecular complexity index is 720. The summed E-state index contributed by atoms with van der Waals surface area (Å²) in [6.45, 7) is 2.52. The van der Waals surface area contributed by atoms with Gasteiger partial charge in [0.15, 0.2) is 0 Å². The van der Waals surface area contributed by atoms with Crippen LogP contribution in [0.3, 0.4) is 0 Å². The Balaban J connectivity index is 2.40. The molecule has 0 unspecified atom stereocenters. The lowest BCUT2D eigenvalue weighted by molar-refractivity contribution is -0.140. The van der Waals surface area contributed by atoms with E-state index in [-0.39, 0.29) is 11.9 Å². The third-order valence-electron chi connectivity index (χ3n) is 3.84. The second kappa shape index (κ2) is 8.49. The number of benzene rings is 1. The van der Waals surface area contributed by atoms with Crippen LogP contribution in [0.4, 0.5) is 0 Å². The Morgan fingerprint density at radius 1 is 1.21 bits per heavy atom. The highest BCUT2D eigenvalue weighted by Crippen LogP contribution is 2.28. The average molecular weight is 333 g/mol. The fourth-order valence-corrected chi connectivity index (χ4v) is 2.76. The van der Waals surface area contributed by atoms with Crippen molar-refractivity contribution in [2.75, 3.05) is 20.8 Å². The minimum atomic E-state index is -0.384. The van der Waals surface area contributed by atoms with E-state index in [9.17, 15) is 9.59 Å². The molecule has 0 atom stereocenters. The van der Waals surface area contributed by atoms with Crippen molar-refractivity contribution in [2.45, 2.75) is 32.8 Å². The quantitative estimate of drug-likeness (QED) is 0.752. The molecule has 1 heterocycles. The fourth-order valence-electron chi connectivity index (χ4n) is 2.76. The molecule has 2 aromatic rings. The summed E-state index contributed by atoms with van der Waals surface area (Å²) in [5.74, 6) is -0.641. The monoisotopic (exact) mass is 333 g/mol. The molecule has 0 spiro atoms. The summed E-state index contributed by atoms with van der Waals surface area (Å²) in [6, 6.07) is 5.85. The highest BCUT2D eigenvalue weighted by atomic mass is 16.5. The van der Waals surface area contributed by atoms with E-state index < -0.39 is 0 Å². The summed E-state index contributed by atoms with van der Waals surface area (Å²) in [5.41, 5.74) is 3.15. The number of rotatable bonds is 8. The number of ether oxygens (including phenoxy) is 3. The Kier molecular flexibility index (Phi) is 6.37. The van der Waals surface area contributed by atoms with Crippen LogP contribution in [0.2, 0.25) is 0 Å². The third-order valence-corrected chi connectivity index (χ3v) is 3.84. The molecule has 0 radical (unpaired) electrons. The van der Waals surface area contributed by atoms with E-state index in [0.717, 1.165) is 22.0 Å². The normalized spacial score (nSPS) is 10.8. The van der Waals surface area contributed by atoms with Gasteiger partial charge in [-0.3, -0.25) is 4.79 Å². The molecule has 6 heteroatoms. The average Bonchev–Trinajstić information content (AvgIpc) is 2.95. The van der Waals surface area contributed by atoms with Gasteiger partial charge in [0.2, 0.25) is 0 Å². The maximum absolute atomic E-state index is 12.3. The first-order valence-electron chi connectivity index (χ1n) is 7.97. The number of aromatic nitrogens is 1. The SMILES string of the molecule is CCOC(=O)c1[nH]c2c(COC)cccc2c1CCCC(=O)OC. The van der Waals surface area contributed by atoms with Crippen molar-refractivity contribution >= 4 is 22.8 Å². The number of hydrogen-bond donors (Lipinski definition) is 1. The number of para-hydroxylation sites is 1. The van der Waals surface area contributed by atoms with Crippen LogP contribution in [0.15, 0.2) is 18.2 Å². The Labute approximate surface area is 141 Å². The van der Waals surface area contributed by atoms with Gasteiger partial charge in [-0.25, -0.2) is 4.79 Å². The third kappa shape index (κ3) is 3.94. The van der Waals surface area contributed by atoms with Gasteiger partial charge in [0.25, 0.3) is 0 Å². The van der Waals surface area contributed by atoms with Crippen LogP contribution in [0.25, 0.3) is 10.9 Å². The van der Waals surface area contributed by atoms with Crippen LogP contribution in [-0.2, 0) is 32.0 Å². The minimum Gasteiger partial charge on any atom is -0.469 e. The Morgan fingerprint density at radius 3 is 2.67 bits per heavy atom. The molecule has 0 aliphatic heterocycles. The van der Waals surface area contributed by atoms with Crippen LogP contribution in [0.5, 0.6) is 0 Å². The zero-order valence-corrected chi connectivity index (χ0v) is 14.3. The molecule has 6 nitrogen and oxygen atoms in total. The van der Waals surface area contributed by atoms with Gasteiger partial charge in [0.1, 0.15) is 5.69 Å². The molecule has 0 fully saturated rings. The van der Waals surface area contributed by atoms with Crippen molar-refractivity contribution in [3.8, 4) is 0 Å². The number of carbonyl (C=O) groups excluding carboxylic acids is 2. The Morgan fingerprint density at radius 2 is 2.00 bits per heavy atom. The lowest BCUT2D eigenvalue weighted by Crippen LogP contribution is -2.08. The molecule has 0 saturated heterocycles. The van der Waals surface area contributed by atoms with Crippen molar-refractivity contribution in [3.63, 3.8) is 0 Å². The smallest absolute Gasteiger partial charge is 0.355 e. The van der Waals surface area contributed by atoms with Crippen LogP contribution >= 0.6 is 0 Å². The molecular weight excluding hydrogens is 310 g/mol. The highest BCUT2D eigenvalue weighted by Gasteiger charge is 2.20. The van der Waals surface area contributed by atoms with E-state index in [1.54, 1.807) is 14.0 Å². The first kappa shape index (κ1) is 18.0. The predicted octanol–water partition coefficient (Wildman–Crippen LogP) is 2.99. The summed E-state index contributed by atoms with van der Waals surface area (Å²) >= 11 is 0. The first-order valence-corrected chi connectivity index (χ1v) is 7.97. The number of hydrogen-bond acceptors (Lipinski definition) is 5. The molecule has 0 amide bonds. The van der Waals surface area contributed by atoms with Gasteiger partial charge in [0, 0.05) is 24.5 Å². The van der Waals surface area contributed by atoms with E-state index in [1.807, 2.05) is 18.2 Å². The van der Waals surface area contributed by atoms with Gasteiger partial charge in [-0.05, 0) is 25.3 Å². The molecule has 0 bridgehead atoms. The van der Waals surface area contributed by atoms with Crippen molar-refractivity contribution in [2.24, 2.45) is 0 Å². The van der Waals surface area contributed by atoms with Crippen LogP contribution in [0, 0.1) is 0 Å². The van der Waals surface area contributed by atoms with Crippen LogP contribution in [0.1, 0.15) is 41.4 Å². The molecule has 0 saturated carbocycles. The maximum Gasteiger partial charge on any atom is 0.355 e. The number of aryl methyl sites for hydroxylation is 1. The molecule has 130 valence electrons. The van der Waals surface area contributed by atoms with E-state index in [2.05, 4.69) is 9.72 Å². The molecule has 0 aliphatic carbocycles. The Hall–Kier alpha value is -2.34. The summed E-state index contributed by atoms with van der Waals surface area (Å²) < 4.78 is 15.0. The summed E-state index contributed by atoms with van der Waals surface area (Å²) in [4.78, 5) is 26.8. The summed E-state index contributed by atoms with van der Waals surface area (Å²) in [5, 5.41) is 0.956. The molecule has 1 N–H and O–H groups in total. The highest BCUT2D eigenvalue weighted by molar-refractivity contribution is 5.99. The van der Waals surface area contributed by atoms with Crippen LogP contribution in [-0.4, -0.2) is 37.7 Å². The zero-order valence-electron chi connectivity index (χ0n) is 14.3. The maximum atomic E-state index is 12.3. The first-order chi connectivity index (χ1) is 11.6. The fraction of sp³-hybridized carbons (Fsp3) is 0.444. The number of fused-ring (bicyclic) bond motifs is 1. The standard InChI is InChI=1S/C18H23NO5/c1-4-24-18(21)17-14(9-6-10-15(20)23-3)13-8-5-7-12(11-22-2)16(13)19-17/h5,7-8,19H,4,6,9-11H2,1-3H3. The summed E-state index contributed by atoms with van der Waals surface area (Å²) in [7, 11) is 3.00. The second-order valence-electron chi connectivity index (χ2n) is 5.40. The van der Waals surface area contributed by atoms with Gasteiger partial charge in [-0.2, -0.15) is 0 Å². The van der Waals surface area contributed by atoms with E-state index in [1.165, 1.54) is 7.11 Å².